The molecule has 110 valence electrons. The summed E-state index contributed by atoms with van der Waals surface area (Å²) in [4.78, 5) is 8.97. The van der Waals surface area contributed by atoms with Crippen LogP contribution in [-0.2, 0) is 12.8 Å². The number of para-hydroxylation sites is 1. The minimum absolute atomic E-state index is 0.453. The molecule has 0 aliphatic carbocycles. The van der Waals surface area contributed by atoms with Gasteiger partial charge in [0.15, 0.2) is 0 Å². The third kappa shape index (κ3) is 3.32. The minimum Gasteiger partial charge on any atom is -0.493 e. The van der Waals surface area contributed by atoms with Crippen LogP contribution in [0, 0.1) is 12.8 Å². The van der Waals surface area contributed by atoms with Crippen molar-refractivity contribution in [1.82, 2.24) is 9.97 Å². The molecule has 0 amide bonds. The standard InChI is InChI=1S/C17H21N3O/c1-3-15-8-12(2)19-17(20-15)18-10-13-9-14-6-4-5-7-16(14)21-11-13/h4-8,13H,3,9-11H2,1-2H3,(H,18,19,20). The van der Waals surface area contributed by atoms with E-state index in [-0.39, 0.29) is 0 Å². The smallest absolute Gasteiger partial charge is 0.223 e. The fourth-order valence-corrected chi connectivity index (χ4v) is 2.65. The highest BCUT2D eigenvalue weighted by Crippen LogP contribution is 2.26. The Hall–Kier alpha value is -2.10. The second-order valence-corrected chi connectivity index (χ2v) is 5.55. The van der Waals surface area contributed by atoms with Gasteiger partial charge >= 0.3 is 0 Å². The number of nitrogens with zero attached hydrogens (tertiary/aromatic N) is 2. The Labute approximate surface area is 125 Å². The highest BCUT2D eigenvalue weighted by atomic mass is 16.5. The van der Waals surface area contributed by atoms with E-state index in [4.69, 9.17) is 4.74 Å². The molecule has 0 saturated heterocycles. The van der Waals surface area contributed by atoms with Crippen LogP contribution in [0.2, 0.25) is 0 Å². The van der Waals surface area contributed by atoms with Gasteiger partial charge in [-0.1, -0.05) is 25.1 Å². The molecule has 0 bridgehead atoms. The van der Waals surface area contributed by atoms with Gasteiger partial charge in [0.1, 0.15) is 5.75 Å². The Bertz CT molecular complexity index is 627. The van der Waals surface area contributed by atoms with Gasteiger partial charge in [0, 0.05) is 23.9 Å². The zero-order valence-corrected chi connectivity index (χ0v) is 12.6. The number of hydrogen-bond acceptors (Lipinski definition) is 4. The third-order valence-electron chi connectivity index (χ3n) is 3.77. The van der Waals surface area contributed by atoms with E-state index in [9.17, 15) is 0 Å². The number of anilines is 1. The largest absolute Gasteiger partial charge is 0.493 e. The Kier molecular flexibility index (Phi) is 4.04. The molecule has 4 nitrogen and oxygen atoms in total. The van der Waals surface area contributed by atoms with Gasteiger partial charge in [0.05, 0.1) is 6.61 Å². The number of nitrogens with one attached hydrogen (secondary N) is 1. The van der Waals surface area contributed by atoms with E-state index in [1.807, 2.05) is 25.1 Å². The lowest BCUT2D eigenvalue weighted by Crippen LogP contribution is -2.27. The Morgan fingerprint density at radius 2 is 2.14 bits per heavy atom. The van der Waals surface area contributed by atoms with Crippen molar-refractivity contribution in [3.05, 3.63) is 47.3 Å². The van der Waals surface area contributed by atoms with E-state index in [1.54, 1.807) is 0 Å². The molecule has 4 heteroatoms. The van der Waals surface area contributed by atoms with E-state index < -0.39 is 0 Å². The first-order valence-electron chi connectivity index (χ1n) is 7.53. The molecule has 2 heterocycles. The van der Waals surface area contributed by atoms with Crippen molar-refractivity contribution in [3.8, 4) is 5.75 Å². The number of aryl methyl sites for hydroxylation is 2. The summed E-state index contributed by atoms with van der Waals surface area (Å²) in [6.07, 6.45) is 1.97. The molecule has 1 unspecified atom stereocenters. The van der Waals surface area contributed by atoms with Gasteiger partial charge in [0.2, 0.25) is 5.95 Å². The summed E-state index contributed by atoms with van der Waals surface area (Å²) in [6, 6.07) is 10.3. The lowest BCUT2D eigenvalue weighted by atomic mass is 9.97. The van der Waals surface area contributed by atoms with Crippen LogP contribution in [0.3, 0.4) is 0 Å². The van der Waals surface area contributed by atoms with Crippen LogP contribution < -0.4 is 10.1 Å². The topological polar surface area (TPSA) is 47.0 Å². The van der Waals surface area contributed by atoms with Gasteiger partial charge in [-0.25, -0.2) is 9.97 Å². The molecule has 1 atom stereocenters. The Balaban J connectivity index is 1.63. The highest BCUT2D eigenvalue weighted by Gasteiger charge is 2.19. The normalized spacial score (nSPS) is 17.0. The number of ether oxygens (including phenoxy) is 1. The van der Waals surface area contributed by atoms with Crippen molar-refractivity contribution in [2.45, 2.75) is 26.7 Å². The monoisotopic (exact) mass is 283 g/mol. The first-order valence-corrected chi connectivity index (χ1v) is 7.53. The second-order valence-electron chi connectivity index (χ2n) is 5.55. The summed E-state index contributed by atoms with van der Waals surface area (Å²) in [7, 11) is 0. The van der Waals surface area contributed by atoms with Gasteiger partial charge in [-0.3, -0.25) is 0 Å². The van der Waals surface area contributed by atoms with Gasteiger partial charge < -0.3 is 10.1 Å². The summed E-state index contributed by atoms with van der Waals surface area (Å²) in [5.74, 6) is 2.20. The van der Waals surface area contributed by atoms with Crippen molar-refractivity contribution in [2.24, 2.45) is 5.92 Å². The third-order valence-corrected chi connectivity index (χ3v) is 3.77. The van der Waals surface area contributed by atoms with Gasteiger partial charge in [-0.05, 0) is 37.5 Å². The van der Waals surface area contributed by atoms with Crippen LogP contribution in [0.4, 0.5) is 5.95 Å². The quantitative estimate of drug-likeness (QED) is 0.937. The summed E-state index contributed by atoms with van der Waals surface area (Å²) >= 11 is 0. The first-order chi connectivity index (χ1) is 10.2. The van der Waals surface area contributed by atoms with Crippen LogP contribution in [-0.4, -0.2) is 23.1 Å². The van der Waals surface area contributed by atoms with Gasteiger partial charge in [0.25, 0.3) is 0 Å². The molecule has 1 aliphatic rings. The fourth-order valence-electron chi connectivity index (χ4n) is 2.65. The lowest BCUT2D eigenvalue weighted by Gasteiger charge is -2.25. The van der Waals surface area contributed by atoms with E-state index in [0.717, 1.165) is 49.1 Å². The molecule has 0 radical (unpaired) electrons. The van der Waals surface area contributed by atoms with Crippen LogP contribution >= 0.6 is 0 Å². The number of fused-ring (bicyclic) bond motifs is 1. The molecule has 1 aromatic carbocycles. The first kappa shape index (κ1) is 13.9. The molecule has 1 N–H and O–H groups in total. The SMILES string of the molecule is CCc1cc(C)nc(NCC2COc3ccccc3C2)n1. The average Bonchev–Trinajstić information content (AvgIpc) is 2.52. The maximum Gasteiger partial charge on any atom is 0.223 e. The molecule has 0 spiro atoms. The van der Waals surface area contributed by atoms with Crippen molar-refractivity contribution >= 4 is 5.95 Å². The predicted molar refractivity (Wildman–Crippen MR) is 83.8 cm³/mol. The van der Waals surface area contributed by atoms with Crippen molar-refractivity contribution in [3.63, 3.8) is 0 Å². The Morgan fingerprint density at radius 3 is 3.00 bits per heavy atom. The summed E-state index contributed by atoms with van der Waals surface area (Å²) < 4.78 is 5.81. The highest BCUT2D eigenvalue weighted by molar-refractivity contribution is 5.35. The molecular weight excluding hydrogens is 262 g/mol. The molecule has 21 heavy (non-hydrogen) atoms. The zero-order valence-electron chi connectivity index (χ0n) is 12.6. The molecule has 1 aliphatic heterocycles. The summed E-state index contributed by atoms with van der Waals surface area (Å²) in [6.45, 7) is 5.70. The van der Waals surface area contributed by atoms with E-state index in [0.29, 0.717) is 5.92 Å². The minimum atomic E-state index is 0.453. The molecule has 2 aromatic rings. The maximum absolute atomic E-state index is 5.81. The van der Waals surface area contributed by atoms with E-state index >= 15 is 0 Å². The zero-order chi connectivity index (χ0) is 14.7. The number of aromatic nitrogens is 2. The summed E-state index contributed by atoms with van der Waals surface area (Å²) in [5.41, 5.74) is 3.37. The number of benzene rings is 1. The van der Waals surface area contributed by atoms with Crippen molar-refractivity contribution in [2.75, 3.05) is 18.5 Å². The van der Waals surface area contributed by atoms with Gasteiger partial charge in [-0.15, -0.1) is 0 Å². The fraction of sp³-hybridized carbons (Fsp3) is 0.412. The molecule has 1 aromatic heterocycles. The maximum atomic E-state index is 5.81. The predicted octanol–water partition coefficient (Wildman–Crippen LogP) is 3.01. The number of rotatable bonds is 4. The molecule has 0 fully saturated rings. The second kappa shape index (κ2) is 6.12. The van der Waals surface area contributed by atoms with E-state index in [1.165, 1.54) is 5.56 Å². The van der Waals surface area contributed by atoms with Crippen molar-refractivity contribution in [1.29, 1.82) is 0 Å². The van der Waals surface area contributed by atoms with E-state index in [2.05, 4.69) is 34.3 Å². The van der Waals surface area contributed by atoms with Crippen LogP contribution in [0.1, 0.15) is 23.9 Å². The summed E-state index contributed by atoms with van der Waals surface area (Å²) in [5, 5.41) is 3.36. The molecular formula is C17H21N3O. The molecule has 0 saturated carbocycles. The molecule has 3 rings (SSSR count). The van der Waals surface area contributed by atoms with Gasteiger partial charge in [-0.2, -0.15) is 0 Å². The average molecular weight is 283 g/mol. The Morgan fingerprint density at radius 1 is 1.29 bits per heavy atom. The van der Waals surface area contributed by atoms with Crippen LogP contribution in [0.15, 0.2) is 30.3 Å². The van der Waals surface area contributed by atoms with Crippen LogP contribution in [0.5, 0.6) is 5.75 Å². The van der Waals surface area contributed by atoms with Crippen LogP contribution in [0.25, 0.3) is 0 Å². The lowest BCUT2D eigenvalue weighted by molar-refractivity contribution is 0.229. The van der Waals surface area contributed by atoms with Crippen molar-refractivity contribution < 1.29 is 4.74 Å². The number of hydrogen-bond donors (Lipinski definition) is 1.